The van der Waals surface area contributed by atoms with Crippen molar-refractivity contribution < 1.29 is 14.3 Å². The predicted octanol–water partition coefficient (Wildman–Crippen LogP) is 3.01. The molecule has 2 rings (SSSR count). The number of aldehydes is 1. The molecule has 0 aliphatic heterocycles. The van der Waals surface area contributed by atoms with E-state index in [0.717, 1.165) is 22.8 Å². The Bertz CT molecular complexity index is 638. The molecule has 0 aliphatic carbocycles. The molecule has 106 valence electrons. The van der Waals surface area contributed by atoms with Crippen LogP contribution < -0.4 is 5.32 Å². The average molecular weight is 274 g/mol. The molecular formula is C15H18N2O3. The molecule has 0 saturated heterocycles. The van der Waals surface area contributed by atoms with Gasteiger partial charge in [-0.1, -0.05) is 18.2 Å². The quantitative estimate of drug-likeness (QED) is 0.845. The molecule has 1 amide bonds. The summed E-state index contributed by atoms with van der Waals surface area (Å²) >= 11 is 0. The van der Waals surface area contributed by atoms with Crippen LogP contribution in [0.15, 0.2) is 24.4 Å². The summed E-state index contributed by atoms with van der Waals surface area (Å²) in [7, 11) is 0. The van der Waals surface area contributed by atoms with Gasteiger partial charge >= 0.3 is 6.09 Å². The summed E-state index contributed by atoms with van der Waals surface area (Å²) in [5, 5.41) is 3.56. The lowest BCUT2D eigenvalue weighted by molar-refractivity contribution is 0.0523. The van der Waals surface area contributed by atoms with Gasteiger partial charge in [-0.15, -0.1) is 0 Å². The highest BCUT2D eigenvalue weighted by atomic mass is 16.6. The van der Waals surface area contributed by atoms with Crippen molar-refractivity contribution in [2.75, 3.05) is 0 Å². The Morgan fingerprint density at radius 1 is 1.40 bits per heavy atom. The molecule has 1 heterocycles. The molecule has 0 fully saturated rings. The van der Waals surface area contributed by atoms with Gasteiger partial charge in [-0.3, -0.25) is 4.79 Å². The molecule has 0 bridgehead atoms. The standard InChI is InChI=1S/C15H18N2O3/c1-15(2,3)20-14(19)17-7-10-5-4-6-12-11(9-18)8-16-13(10)12/h4-6,8-9,16H,7H2,1-3H3,(H,17,19). The Labute approximate surface area is 117 Å². The number of carbonyl (C=O) groups excluding carboxylic acids is 2. The fourth-order valence-corrected chi connectivity index (χ4v) is 1.97. The Morgan fingerprint density at radius 2 is 2.15 bits per heavy atom. The second kappa shape index (κ2) is 5.36. The van der Waals surface area contributed by atoms with Crippen LogP contribution in [-0.4, -0.2) is 23.0 Å². The minimum Gasteiger partial charge on any atom is -0.444 e. The van der Waals surface area contributed by atoms with Crippen LogP contribution in [0.25, 0.3) is 10.9 Å². The molecule has 2 N–H and O–H groups in total. The number of alkyl carbamates (subject to hydrolysis) is 1. The zero-order chi connectivity index (χ0) is 14.8. The zero-order valence-corrected chi connectivity index (χ0v) is 11.8. The Morgan fingerprint density at radius 3 is 2.80 bits per heavy atom. The van der Waals surface area contributed by atoms with E-state index in [1.807, 2.05) is 39.0 Å². The third-order valence-corrected chi connectivity index (χ3v) is 2.78. The number of H-pyrrole nitrogens is 1. The van der Waals surface area contributed by atoms with Crippen LogP contribution in [0.3, 0.4) is 0 Å². The van der Waals surface area contributed by atoms with Crippen LogP contribution in [0.5, 0.6) is 0 Å². The highest BCUT2D eigenvalue weighted by Gasteiger charge is 2.16. The van der Waals surface area contributed by atoms with Crippen molar-refractivity contribution in [3.63, 3.8) is 0 Å². The van der Waals surface area contributed by atoms with Gasteiger partial charge in [0.05, 0.1) is 5.52 Å². The van der Waals surface area contributed by atoms with Gasteiger partial charge in [-0.2, -0.15) is 0 Å². The van der Waals surface area contributed by atoms with Crippen LogP contribution in [0.1, 0.15) is 36.7 Å². The monoisotopic (exact) mass is 274 g/mol. The molecule has 1 aromatic carbocycles. The number of benzene rings is 1. The number of amides is 1. The molecule has 0 saturated carbocycles. The van der Waals surface area contributed by atoms with Gasteiger partial charge in [0, 0.05) is 23.7 Å². The summed E-state index contributed by atoms with van der Waals surface area (Å²) in [4.78, 5) is 25.6. The fourth-order valence-electron chi connectivity index (χ4n) is 1.97. The van der Waals surface area contributed by atoms with Gasteiger partial charge in [-0.25, -0.2) is 4.79 Å². The van der Waals surface area contributed by atoms with Crippen LogP contribution in [0.4, 0.5) is 4.79 Å². The summed E-state index contributed by atoms with van der Waals surface area (Å²) in [6.07, 6.45) is 2.01. The maximum absolute atomic E-state index is 11.6. The summed E-state index contributed by atoms with van der Waals surface area (Å²) in [5.74, 6) is 0. The van der Waals surface area contributed by atoms with Crippen molar-refractivity contribution in [2.45, 2.75) is 32.9 Å². The number of hydrogen-bond acceptors (Lipinski definition) is 3. The van der Waals surface area contributed by atoms with E-state index in [0.29, 0.717) is 12.1 Å². The number of hydrogen-bond donors (Lipinski definition) is 2. The van der Waals surface area contributed by atoms with Crippen LogP contribution in [0.2, 0.25) is 0 Å². The van der Waals surface area contributed by atoms with E-state index >= 15 is 0 Å². The second-order valence-corrected chi connectivity index (χ2v) is 5.56. The molecule has 0 unspecified atom stereocenters. The largest absolute Gasteiger partial charge is 0.444 e. The number of aromatic nitrogens is 1. The smallest absolute Gasteiger partial charge is 0.407 e. The number of ether oxygens (including phenoxy) is 1. The summed E-state index contributed by atoms with van der Waals surface area (Å²) in [6, 6.07) is 5.62. The third kappa shape index (κ3) is 3.17. The molecule has 0 aliphatic rings. The average Bonchev–Trinajstić information content (AvgIpc) is 2.77. The van der Waals surface area contributed by atoms with Gasteiger partial charge in [0.15, 0.2) is 6.29 Å². The minimum atomic E-state index is -0.521. The third-order valence-electron chi connectivity index (χ3n) is 2.78. The van der Waals surface area contributed by atoms with E-state index in [1.165, 1.54) is 0 Å². The number of aromatic amines is 1. The summed E-state index contributed by atoms with van der Waals surface area (Å²) in [6.45, 7) is 5.78. The highest BCUT2D eigenvalue weighted by Crippen LogP contribution is 2.20. The summed E-state index contributed by atoms with van der Waals surface area (Å²) < 4.78 is 5.18. The van der Waals surface area contributed by atoms with Crippen LogP contribution >= 0.6 is 0 Å². The van der Waals surface area contributed by atoms with Crippen molar-refractivity contribution in [1.82, 2.24) is 10.3 Å². The van der Waals surface area contributed by atoms with E-state index in [9.17, 15) is 9.59 Å². The van der Waals surface area contributed by atoms with Crippen LogP contribution in [0, 0.1) is 0 Å². The van der Waals surface area contributed by atoms with Crippen molar-refractivity contribution in [1.29, 1.82) is 0 Å². The molecule has 0 spiro atoms. The first-order valence-corrected chi connectivity index (χ1v) is 6.42. The molecule has 5 heteroatoms. The first-order chi connectivity index (χ1) is 9.40. The van der Waals surface area contributed by atoms with Gasteiger partial charge in [0.25, 0.3) is 0 Å². The number of fused-ring (bicyclic) bond motifs is 1. The first-order valence-electron chi connectivity index (χ1n) is 6.42. The van der Waals surface area contributed by atoms with Gasteiger partial charge in [0.2, 0.25) is 0 Å². The summed E-state index contributed by atoms with van der Waals surface area (Å²) in [5.41, 5.74) is 1.85. The van der Waals surface area contributed by atoms with Gasteiger partial charge in [0.1, 0.15) is 5.60 Å². The topological polar surface area (TPSA) is 71.2 Å². The molecule has 0 radical (unpaired) electrons. The molecule has 20 heavy (non-hydrogen) atoms. The number of rotatable bonds is 3. The van der Waals surface area contributed by atoms with Crippen molar-refractivity contribution >= 4 is 23.3 Å². The van der Waals surface area contributed by atoms with E-state index in [4.69, 9.17) is 4.74 Å². The number of carbonyl (C=O) groups is 2. The predicted molar refractivity (Wildman–Crippen MR) is 76.8 cm³/mol. The minimum absolute atomic E-state index is 0.338. The Balaban J connectivity index is 2.12. The SMILES string of the molecule is CC(C)(C)OC(=O)NCc1cccc2c(C=O)c[nH]c12. The maximum atomic E-state index is 11.6. The fraction of sp³-hybridized carbons (Fsp3) is 0.333. The van der Waals surface area contributed by atoms with E-state index in [1.54, 1.807) is 6.20 Å². The molecule has 0 atom stereocenters. The van der Waals surface area contributed by atoms with Crippen LogP contribution in [-0.2, 0) is 11.3 Å². The van der Waals surface area contributed by atoms with Crippen molar-refractivity contribution in [3.05, 3.63) is 35.5 Å². The molecule has 2 aromatic rings. The first kappa shape index (κ1) is 14.1. The van der Waals surface area contributed by atoms with Gasteiger partial charge in [-0.05, 0) is 26.3 Å². The van der Waals surface area contributed by atoms with Crippen molar-refractivity contribution in [3.8, 4) is 0 Å². The maximum Gasteiger partial charge on any atom is 0.407 e. The second-order valence-electron chi connectivity index (χ2n) is 5.56. The lowest BCUT2D eigenvalue weighted by Crippen LogP contribution is -2.32. The van der Waals surface area contributed by atoms with Crippen molar-refractivity contribution in [2.24, 2.45) is 0 Å². The lowest BCUT2D eigenvalue weighted by atomic mass is 10.1. The molecule has 5 nitrogen and oxygen atoms in total. The highest BCUT2D eigenvalue weighted by molar-refractivity contribution is 5.98. The molecule has 1 aromatic heterocycles. The Hall–Kier alpha value is -2.30. The van der Waals surface area contributed by atoms with E-state index in [2.05, 4.69) is 10.3 Å². The normalized spacial score (nSPS) is 11.3. The number of para-hydroxylation sites is 1. The van der Waals surface area contributed by atoms with E-state index in [-0.39, 0.29) is 0 Å². The Kier molecular flexibility index (Phi) is 3.79. The lowest BCUT2D eigenvalue weighted by Gasteiger charge is -2.19. The molecular weight excluding hydrogens is 256 g/mol. The van der Waals surface area contributed by atoms with Gasteiger partial charge < -0.3 is 15.0 Å². The van der Waals surface area contributed by atoms with E-state index < -0.39 is 11.7 Å². The zero-order valence-electron chi connectivity index (χ0n) is 11.8. The number of nitrogens with one attached hydrogen (secondary N) is 2.